The summed E-state index contributed by atoms with van der Waals surface area (Å²) in [6.45, 7) is 1.60. The first-order valence-electron chi connectivity index (χ1n) is 5.11. The Labute approximate surface area is 98.3 Å². The van der Waals surface area contributed by atoms with Crippen molar-refractivity contribution in [2.24, 2.45) is 0 Å². The van der Waals surface area contributed by atoms with Gasteiger partial charge in [0, 0.05) is 18.0 Å². The van der Waals surface area contributed by atoms with Crippen molar-refractivity contribution in [1.82, 2.24) is 9.55 Å². The van der Waals surface area contributed by atoms with Crippen molar-refractivity contribution in [3.8, 4) is 11.4 Å². The molecule has 1 N–H and O–H groups in total. The zero-order valence-corrected chi connectivity index (χ0v) is 9.33. The minimum absolute atomic E-state index is 0.341. The van der Waals surface area contributed by atoms with Crippen LogP contribution in [0.25, 0.3) is 5.69 Å². The van der Waals surface area contributed by atoms with E-state index in [1.165, 1.54) is 0 Å². The summed E-state index contributed by atoms with van der Waals surface area (Å²) in [5.74, 6) is -0.466. The van der Waals surface area contributed by atoms with E-state index in [4.69, 9.17) is 9.84 Å². The molecule has 0 saturated heterocycles. The zero-order chi connectivity index (χ0) is 12.3. The van der Waals surface area contributed by atoms with Gasteiger partial charge < -0.3 is 14.4 Å². The molecule has 17 heavy (non-hydrogen) atoms. The normalized spacial score (nSPS) is 10.2. The maximum atomic E-state index is 10.4. The van der Waals surface area contributed by atoms with Gasteiger partial charge in [-0.25, -0.2) is 9.78 Å². The Balaban J connectivity index is 2.23. The summed E-state index contributed by atoms with van der Waals surface area (Å²) in [6, 6.07) is 7.21. The molecule has 0 fully saturated rings. The monoisotopic (exact) mass is 232 g/mol. The summed E-state index contributed by atoms with van der Waals surface area (Å²) in [5.41, 5.74) is 1.89. The van der Waals surface area contributed by atoms with Gasteiger partial charge in [0.05, 0.1) is 12.0 Å². The van der Waals surface area contributed by atoms with Crippen LogP contribution in [0.4, 0.5) is 0 Å². The molecule has 0 aliphatic carbocycles. The largest absolute Gasteiger partial charge is 0.482 e. The smallest absolute Gasteiger partial charge is 0.341 e. The Hall–Kier alpha value is -2.30. The van der Waals surface area contributed by atoms with Gasteiger partial charge in [-0.15, -0.1) is 0 Å². The van der Waals surface area contributed by atoms with Crippen LogP contribution in [-0.4, -0.2) is 27.2 Å². The van der Waals surface area contributed by atoms with Gasteiger partial charge in [-0.1, -0.05) is 6.07 Å². The summed E-state index contributed by atoms with van der Waals surface area (Å²) in [5, 5.41) is 8.53. The van der Waals surface area contributed by atoms with Crippen LogP contribution in [0, 0.1) is 6.92 Å². The predicted octanol–water partition coefficient (Wildman–Crippen LogP) is 1.64. The lowest BCUT2D eigenvalue weighted by Crippen LogP contribution is -2.09. The van der Waals surface area contributed by atoms with E-state index in [1.807, 2.05) is 23.6 Å². The maximum Gasteiger partial charge on any atom is 0.341 e. The van der Waals surface area contributed by atoms with Crippen LogP contribution in [0.15, 0.2) is 36.8 Å². The minimum Gasteiger partial charge on any atom is -0.482 e. The first-order valence-corrected chi connectivity index (χ1v) is 5.11. The molecule has 1 aromatic heterocycles. The molecule has 0 saturated carbocycles. The Bertz CT molecular complexity index is 534. The molecule has 0 spiro atoms. The highest BCUT2D eigenvalue weighted by atomic mass is 16.5. The number of hydrogen-bond donors (Lipinski definition) is 1. The highest BCUT2D eigenvalue weighted by molar-refractivity contribution is 5.68. The maximum absolute atomic E-state index is 10.4. The second kappa shape index (κ2) is 4.69. The molecule has 88 valence electrons. The summed E-state index contributed by atoms with van der Waals surface area (Å²) in [6.07, 6.45) is 3.45. The number of aromatic nitrogens is 2. The van der Waals surface area contributed by atoms with Gasteiger partial charge in [-0.05, 0) is 19.1 Å². The summed E-state index contributed by atoms with van der Waals surface area (Å²) < 4.78 is 7.01. The number of carboxylic acids is 1. The average Bonchev–Trinajstić information content (AvgIpc) is 2.73. The standard InChI is InChI=1S/C12H12N2O3/c1-9-6-13-8-14(9)10-3-2-4-11(5-10)17-7-12(15)16/h2-6,8H,7H2,1H3,(H,15,16). The molecular formula is C12H12N2O3. The number of imidazole rings is 1. The van der Waals surface area contributed by atoms with Crippen LogP contribution < -0.4 is 4.74 Å². The molecule has 5 nitrogen and oxygen atoms in total. The van der Waals surface area contributed by atoms with Crippen molar-refractivity contribution in [3.05, 3.63) is 42.5 Å². The topological polar surface area (TPSA) is 64.4 Å². The van der Waals surface area contributed by atoms with E-state index in [2.05, 4.69) is 4.98 Å². The van der Waals surface area contributed by atoms with Gasteiger partial charge in [0.2, 0.25) is 0 Å². The van der Waals surface area contributed by atoms with Crippen molar-refractivity contribution in [2.45, 2.75) is 6.92 Å². The van der Waals surface area contributed by atoms with Gasteiger partial charge in [0.15, 0.2) is 6.61 Å². The van der Waals surface area contributed by atoms with Crippen molar-refractivity contribution < 1.29 is 14.6 Å². The van der Waals surface area contributed by atoms with E-state index in [1.54, 1.807) is 24.7 Å². The third-order valence-corrected chi connectivity index (χ3v) is 2.28. The highest BCUT2D eigenvalue weighted by Gasteiger charge is 2.03. The van der Waals surface area contributed by atoms with E-state index in [9.17, 15) is 4.79 Å². The third-order valence-electron chi connectivity index (χ3n) is 2.28. The number of ether oxygens (including phenoxy) is 1. The minimum atomic E-state index is -0.991. The lowest BCUT2D eigenvalue weighted by molar-refractivity contribution is -0.139. The predicted molar refractivity (Wildman–Crippen MR) is 61.4 cm³/mol. The van der Waals surface area contributed by atoms with Crippen LogP contribution in [-0.2, 0) is 4.79 Å². The second-order valence-corrected chi connectivity index (χ2v) is 3.58. The van der Waals surface area contributed by atoms with Crippen LogP contribution in [0.1, 0.15) is 5.69 Å². The van der Waals surface area contributed by atoms with Crippen LogP contribution >= 0.6 is 0 Å². The first-order chi connectivity index (χ1) is 8.16. The average molecular weight is 232 g/mol. The van der Waals surface area contributed by atoms with E-state index in [0.717, 1.165) is 11.4 Å². The van der Waals surface area contributed by atoms with Gasteiger partial charge in [0.25, 0.3) is 0 Å². The Morgan fingerprint density at radius 3 is 3.00 bits per heavy atom. The highest BCUT2D eigenvalue weighted by Crippen LogP contribution is 2.17. The fourth-order valence-corrected chi connectivity index (χ4v) is 1.50. The number of carbonyl (C=O) groups is 1. The fraction of sp³-hybridized carbons (Fsp3) is 0.167. The molecular weight excluding hydrogens is 220 g/mol. The third kappa shape index (κ3) is 2.63. The Morgan fingerprint density at radius 2 is 2.35 bits per heavy atom. The molecule has 0 amide bonds. The van der Waals surface area contributed by atoms with Crippen molar-refractivity contribution in [2.75, 3.05) is 6.61 Å². The zero-order valence-electron chi connectivity index (χ0n) is 9.33. The van der Waals surface area contributed by atoms with Crippen molar-refractivity contribution >= 4 is 5.97 Å². The number of benzene rings is 1. The number of hydrogen-bond acceptors (Lipinski definition) is 3. The number of aliphatic carboxylic acids is 1. The molecule has 0 radical (unpaired) electrons. The molecule has 2 aromatic rings. The second-order valence-electron chi connectivity index (χ2n) is 3.58. The molecule has 0 aliphatic rings. The molecule has 5 heteroatoms. The Morgan fingerprint density at radius 1 is 1.53 bits per heavy atom. The number of nitrogens with zero attached hydrogens (tertiary/aromatic N) is 2. The molecule has 0 bridgehead atoms. The van der Waals surface area contributed by atoms with E-state index >= 15 is 0 Å². The van der Waals surface area contributed by atoms with E-state index < -0.39 is 5.97 Å². The van der Waals surface area contributed by atoms with Crippen LogP contribution in [0.2, 0.25) is 0 Å². The molecule has 2 rings (SSSR count). The van der Waals surface area contributed by atoms with Gasteiger partial charge in [0.1, 0.15) is 5.75 Å². The number of rotatable bonds is 4. The van der Waals surface area contributed by atoms with Crippen LogP contribution in [0.3, 0.4) is 0 Å². The van der Waals surface area contributed by atoms with Crippen molar-refractivity contribution in [1.29, 1.82) is 0 Å². The number of aryl methyl sites for hydroxylation is 1. The molecule has 1 aromatic carbocycles. The molecule has 1 heterocycles. The number of carboxylic acid groups (broad SMARTS) is 1. The lowest BCUT2D eigenvalue weighted by Gasteiger charge is -2.08. The SMILES string of the molecule is Cc1cncn1-c1cccc(OCC(=O)O)c1. The van der Waals surface area contributed by atoms with Gasteiger partial charge in [-0.3, -0.25) is 0 Å². The molecule has 0 unspecified atom stereocenters. The van der Waals surface area contributed by atoms with Crippen molar-refractivity contribution in [3.63, 3.8) is 0 Å². The van der Waals surface area contributed by atoms with E-state index in [-0.39, 0.29) is 6.61 Å². The van der Waals surface area contributed by atoms with E-state index in [0.29, 0.717) is 5.75 Å². The molecule has 0 atom stereocenters. The quantitative estimate of drug-likeness (QED) is 0.870. The summed E-state index contributed by atoms with van der Waals surface area (Å²) in [7, 11) is 0. The first kappa shape index (κ1) is 11.2. The van der Waals surface area contributed by atoms with Crippen LogP contribution in [0.5, 0.6) is 5.75 Å². The summed E-state index contributed by atoms with van der Waals surface area (Å²) >= 11 is 0. The molecule has 0 aliphatic heterocycles. The van der Waals surface area contributed by atoms with Gasteiger partial charge >= 0.3 is 5.97 Å². The fourth-order valence-electron chi connectivity index (χ4n) is 1.50. The lowest BCUT2D eigenvalue weighted by atomic mass is 10.3. The van der Waals surface area contributed by atoms with Gasteiger partial charge in [-0.2, -0.15) is 0 Å². The summed E-state index contributed by atoms with van der Waals surface area (Å²) in [4.78, 5) is 14.4. The Kier molecular flexibility index (Phi) is 3.09.